The van der Waals surface area contributed by atoms with E-state index in [1.165, 1.54) is 12.8 Å². The minimum absolute atomic E-state index is 0.218. The van der Waals surface area contributed by atoms with Crippen LogP contribution in [0.4, 0.5) is 4.79 Å². The summed E-state index contributed by atoms with van der Waals surface area (Å²) in [4.78, 5) is 25.5. The van der Waals surface area contributed by atoms with Gasteiger partial charge in [-0.25, -0.2) is 4.79 Å². The summed E-state index contributed by atoms with van der Waals surface area (Å²) < 4.78 is 0. The van der Waals surface area contributed by atoms with Crippen molar-refractivity contribution in [1.82, 2.24) is 20.9 Å². The van der Waals surface area contributed by atoms with Crippen LogP contribution >= 0.6 is 0 Å². The number of likely N-dealkylation sites (tertiary alicyclic amines) is 1. The number of hydrogen-bond acceptors (Lipinski definition) is 4. The molecule has 3 N–H and O–H groups in total. The Morgan fingerprint density at radius 2 is 2.00 bits per heavy atom. The smallest absolute Gasteiger partial charge is 0.321 e. The average molecular weight is 282 g/mol. The van der Waals surface area contributed by atoms with Crippen molar-refractivity contribution in [3.05, 3.63) is 0 Å². The highest BCUT2D eigenvalue weighted by molar-refractivity contribution is 5.95. The molecule has 2 heterocycles. The summed E-state index contributed by atoms with van der Waals surface area (Å²) in [5.41, 5.74) is 0. The molecule has 2 unspecified atom stereocenters. The number of rotatable bonds is 4. The molecule has 20 heavy (non-hydrogen) atoms. The molecule has 0 saturated carbocycles. The fraction of sp³-hybridized carbons (Fsp3) is 0.857. The third-order valence-corrected chi connectivity index (χ3v) is 3.90. The lowest BCUT2D eigenvalue weighted by Gasteiger charge is -2.23. The van der Waals surface area contributed by atoms with E-state index in [1.807, 2.05) is 13.8 Å². The molecule has 0 spiro atoms. The van der Waals surface area contributed by atoms with Gasteiger partial charge in [0.2, 0.25) is 5.91 Å². The van der Waals surface area contributed by atoms with Crippen molar-refractivity contribution in [2.75, 3.05) is 26.2 Å². The number of nitrogens with one attached hydrogen (secondary N) is 3. The highest BCUT2D eigenvalue weighted by Crippen LogP contribution is 2.19. The van der Waals surface area contributed by atoms with E-state index in [4.69, 9.17) is 0 Å². The van der Waals surface area contributed by atoms with Gasteiger partial charge in [-0.15, -0.1) is 0 Å². The Labute approximate surface area is 120 Å². The summed E-state index contributed by atoms with van der Waals surface area (Å²) in [7, 11) is 0. The van der Waals surface area contributed by atoms with Gasteiger partial charge in [0.05, 0.1) is 6.54 Å². The maximum Gasteiger partial charge on any atom is 0.321 e. The van der Waals surface area contributed by atoms with E-state index in [1.54, 1.807) is 0 Å². The largest absolute Gasteiger partial charge is 0.338 e. The monoisotopic (exact) mass is 282 g/mol. The molecule has 3 amide bonds. The number of urea groups is 1. The van der Waals surface area contributed by atoms with Crippen molar-refractivity contribution in [1.29, 1.82) is 0 Å². The summed E-state index contributed by atoms with van der Waals surface area (Å²) >= 11 is 0. The molecule has 0 aromatic carbocycles. The van der Waals surface area contributed by atoms with E-state index in [9.17, 15) is 9.59 Å². The molecular weight excluding hydrogens is 256 g/mol. The van der Waals surface area contributed by atoms with E-state index in [2.05, 4.69) is 20.9 Å². The first-order valence-corrected chi connectivity index (χ1v) is 7.59. The molecule has 2 aliphatic heterocycles. The molecule has 0 aromatic heterocycles. The van der Waals surface area contributed by atoms with Crippen LogP contribution in [0.1, 0.15) is 33.1 Å². The van der Waals surface area contributed by atoms with E-state index in [-0.39, 0.29) is 5.91 Å². The molecule has 0 radical (unpaired) electrons. The summed E-state index contributed by atoms with van der Waals surface area (Å²) in [6.07, 6.45) is 3.53. The summed E-state index contributed by atoms with van der Waals surface area (Å²) in [5, 5.41) is 8.66. The van der Waals surface area contributed by atoms with Crippen LogP contribution in [0.25, 0.3) is 0 Å². The average Bonchev–Trinajstić information content (AvgIpc) is 2.70. The third kappa shape index (κ3) is 4.76. The first-order valence-electron chi connectivity index (χ1n) is 7.59. The first-order chi connectivity index (χ1) is 9.52. The molecule has 6 nitrogen and oxygen atoms in total. The summed E-state index contributed by atoms with van der Waals surface area (Å²) in [6.45, 7) is 6.74. The zero-order valence-electron chi connectivity index (χ0n) is 12.4. The number of nitrogens with zero attached hydrogens (tertiary/aromatic N) is 1. The Hall–Kier alpha value is -1.14. The van der Waals surface area contributed by atoms with Gasteiger partial charge in [-0.05, 0) is 25.2 Å². The molecule has 2 fully saturated rings. The Kier molecular flexibility index (Phi) is 5.37. The van der Waals surface area contributed by atoms with Crippen LogP contribution in [-0.2, 0) is 4.79 Å². The van der Waals surface area contributed by atoms with Gasteiger partial charge in [-0.2, -0.15) is 0 Å². The zero-order chi connectivity index (χ0) is 14.5. The number of amides is 3. The third-order valence-electron chi connectivity index (χ3n) is 3.90. The predicted molar refractivity (Wildman–Crippen MR) is 77.4 cm³/mol. The fourth-order valence-electron chi connectivity index (χ4n) is 2.87. The minimum atomic E-state index is -0.391. The normalized spacial score (nSPS) is 26.4. The van der Waals surface area contributed by atoms with Gasteiger partial charge in [0.15, 0.2) is 0 Å². The van der Waals surface area contributed by atoms with Gasteiger partial charge < -0.3 is 10.6 Å². The molecule has 2 rings (SSSR count). The zero-order valence-corrected chi connectivity index (χ0v) is 12.4. The van der Waals surface area contributed by atoms with Crippen LogP contribution in [0.5, 0.6) is 0 Å². The van der Waals surface area contributed by atoms with Gasteiger partial charge in [0, 0.05) is 31.7 Å². The Morgan fingerprint density at radius 3 is 2.75 bits per heavy atom. The van der Waals surface area contributed by atoms with Crippen LogP contribution in [0.15, 0.2) is 0 Å². The molecule has 2 aliphatic rings. The van der Waals surface area contributed by atoms with Crippen LogP contribution in [0.3, 0.4) is 0 Å². The Bertz CT molecular complexity index is 359. The van der Waals surface area contributed by atoms with E-state index < -0.39 is 6.03 Å². The lowest BCUT2D eigenvalue weighted by atomic mass is 10.1. The Morgan fingerprint density at radius 1 is 1.25 bits per heavy atom. The van der Waals surface area contributed by atoms with Crippen molar-refractivity contribution >= 4 is 11.9 Å². The minimum Gasteiger partial charge on any atom is -0.338 e. The molecule has 0 aliphatic carbocycles. The highest BCUT2D eigenvalue weighted by atomic mass is 16.2. The van der Waals surface area contributed by atoms with Crippen LogP contribution < -0.4 is 16.0 Å². The fourth-order valence-corrected chi connectivity index (χ4v) is 2.87. The van der Waals surface area contributed by atoms with Crippen molar-refractivity contribution in [2.45, 2.75) is 45.2 Å². The molecule has 0 aromatic rings. The summed E-state index contributed by atoms with van der Waals surface area (Å²) in [5.74, 6) is 0.159. The van der Waals surface area contributed by atoms with E-state index in [0.29, 0.717) is 31.1 Å². The van der Waals surface area contributed by atoms with Crippen molar-refractivity contribution in [2.24, 2.45) is 5.92 Å². The first kappa shape index (κ1) is 15.3. The van der Waals surface area contributed by atoms with Crippen LogP contribution in [-0.4, -0.2) is 55.1 Å². The topological polar surface area (TPSA) is 73.5 Å². The molecule has 6 heteroatoms. The lowest BCUT2D eigenvalue weighted by Crippen LogP contribution is -2.46. The van der Waals surface area contributed by atoms with Gasteiger partial charge >= 0.3 is 6.03 Å². The SMILES string of the molecule is CC(C)CNC(=O)NC(=O)CN1CCC2CCC(C1)N2. The molecule has 114 valence electrons. The Balaban J connectivity index is 1.70. The second kappa shape index (κ2) is 7.04. The molecule has 2 bridgehead atoms. The number of carbonyl (C=O) groups is 2. The molecule has 2 saturated heterocycles. The van der Waals surface area contributed by atoms with Crippen LogP contribution in [0.2, 0.25) is 0 Å². The van der Waals surface area contributed by atoms with Gasteiger partial charge in [0.1, 0.15) is 0 Å². The number of carbonyl (C=O) groups excluding carboxylic acids is 2. The quantitative estimate of drug-likeness (QED) is 0.693. The second-order valence-corrected chi connectivity index (χ2v) is 6.31. The lowest BCUT2D eigenvalue weighted by molar-refractivity contribution is -0.121. The van der Waals surface area contributed by atoms with Gasteiger partial charge in [0.25, 0.3) is 0 Å². The summed E-state index contributed by atoms with van der Waals surface area (Å²) in [6, 6.07) is 0.727. The predicted octanol–water partition coefficient (Wildman–Crippen LogP) is 0.295. The molecular formula is C14H26N4O2. The maximum atomic E-state index is 11.9. The molecule has 2 atom stereocenters. The van der Waals surface area contributed by atoms with Crippen molar-refractivity contribution in [3.8, 4) is 0 Å². The van der Waals surface area contributed by atoms with Crippen molar-refractivity contribution < 1.29 is 9.59 Å². The maximum absolute atomic E-state index is 11.9. The standard InChI is InChI=1S/C14H26N4O2/c1-10(2)7-15-14(20)17-13(19)9-18-6-5-11-3-4-12(8-18)16-11/h10-12,16H,3-9H2,1-2H3,(H2,15,17,19,20). The second-order valence-electron chi connectivity index (χ2n) is 6.31. The van der Waals surface area contributed by atoms with Gasteiger partial charge in [-0.1, -0.05) is 13.8 Å². The number of hydrogen-bond donors (Lipinski definition) is 3. The van der Waals surface area contributed by atoms with Gasteiger partial charge in [-0.3, -0.25) is 15.0 Å². The van der Waals surface area contributed by atoms with Crippen molar-refractivity contribution in [3.63, 3.8) is 0 Å². The number of fused-ring (bicyclic) bond motifs is 2. The number of imide groups is 1. The highest BCUT2D eigenvalue weighted by Gasteiger charge is 2.29. The van der Waals surface area contributed by atoms with E-state index >= 15 is 0 Å². The van der Waals surface area contributed by atoms with Crippen LogP contribution in [0, 0.1) is 5.92 Å². The van der Waals surface area contributed by atoms with E-state index in [0.717, 1.165) is 19.5 Å².